The second-order valence-electron chi connectivity index (χ2n) is 10.2. The Morgan fingerprint density at radius 1 is 1.00 bits per heavy atom. The van der Waals surface area contributed by atoms with Crippen LogP contribution < -0.4 is 9.21 Å². The molecule has 216 valence electrons. The summed E-state index contributed by atoms with van der Waals surface area (Å²) < 4.78 is 34.8. The molecule has 0 radical (unpaired) electrons. The van der Waals surface area contributed by atoms with E-state index in [1.54, 1.807) is 36.1 Å². The van der Waals surface area contributed by atoms with Crippen LogP contribution in [0, 0.1) is 13.8 Å². The molecule has 1 amide bonds. The van der Waals surface area contributed by atoms with E-state index in [4.69, 9.17) is 9.72 Å². The van der Waals surface area contributed by atoms with Crippen molar-refractivity contribution in [1.82, 2.24) is 9.88 Å². The van der Waals surface area contributed by atoms with Gasteiger partial charge in [0.2, 0.25) is 0 Å². The summed E-state index contributed by atoms with van der Waals surface area (Å²) in [6.45, 7) is 10.8. The molecule has 1 aromatic heterocycles. The van der Waals surface area contributed by atoms with E-state index >= 15 is 0 Å². The Kier molecular flexibility index (Phi) is 9.03. The summed E-state index contributed by atoms with van der Waals surface area (Å²) in [6.07, 6.45) is 0.786. The molecule has 0 saturated carbocycles. The number of carbonyl (C=O) groups is 1. The van der Waals surface area contributed by atoms with Gasteiger partial charge in [0.1, 0.15) is 0 Å². The van der Waals surface area contributed by atoms with Crippen LogP contribution in [0.5, 0.6) is 0 Å². The van der Waals surface area contributed by atoms with Crippen LogP contribution in [0.3, 0.4) is 0 Å². The van der Waals surface area contributed by atoms with Gasteiger partial charge in [0.05, 0.1) is 34.0 Å². The lowest BCUT2D eigenvalue weighted by atomic mass is 10.1. The number of anilines is 2. The van der Waals surface area contributed by atoms with Crippen molar-refractivity contribution in [2.24, 2.45) is 0 Å². The number of para-hydroxylation sites is 1. The average molecular weight is 593 g/mol. The van der Waals surface area contributed by atoms with E-state index in [0.717, 1.165) is 55.0 Å². The van der Waals surface area contributed by atoms with Gasteiger partial charge in [-0.2, -0.15) is 0 Å². The largest absolute Gasteiger partial charge is 0.379 e. The third-order valence-electron chi connectivity index (χ3n) is 7.45. The SMILES string of the molecule is CCN(c1ccccc1)S(=O)(=O)c1ccc(C(=O)N(CCCN2CCOCC2)c2nc3cc(C)c(C)cc3s2)cc1. The molecule has 1 aliphatic rings. The highest BCUT2D eigenvalue weighted by Gasteiger charge is 2.26. The summed E-state index contributed by atoms with van der Waals surface area (Å²) in [5, 5.41) is 0.648. The first-order valence-electron chi connectivity index (χ1n) is 14.0. The fourth-order valence-electron chi connectivity index (χ4n) is 4.98. The molecule has 0 atom stereocenters. The molecule has 0 aliphatic carbocycles. The Morgan fingerprint density at radius 3 is 2.37 bits per heavy atom. The normalized spacial score (nSPS) is 14.3. The van der Waals surface area contributed by atoms with Gasteiger partial charge in [-0.3, -0.25) is 18.9 Å². The molecule has 0 N–H and O–H groups in total. The molecule has 0 bridgehead atoms. The van der Waals surface area contributed by atoms with Crippen molar-refractivity contribution >= 4 is 48.3 Å². The lowest BCUT2D eigenvalue weighted by Gasteiger charge is -2.27. The highest BCUT2D eigenvalue weighted by molar-refractivity contribution is 7.92. The Hall–Kier alpha value is -3.31. The Labute approximate surface area is 246 Å². The second kappa shape index (κ2) is 12.7. The molecular formula is C31H36N4O4S2. The maximum Gasteiger partial charge on any atom is 0.264 e. The molecule has 2 heterocycles. The summed E-state index contributed by atoms with van der Waals surface area (Å²) in [6, 6.07) is 19.4. The molecular weight excluding hydrogens is 556 g/mol. The van der Waals surface area contributed by atoms with Crippen molar-refractivity contribution < 1.29 is 17.9 Å². The average Bonchev–Trinajstić information content (AvgIpc) is 3.38. The van der Waals surface area contributed by atoms with Gasteiger partial charge in [0, 0.05) is 38.3 Å². The van der Waals surface area contributed by atoms with E-state index in [0.29, 0.717) is 29.5 Å². The molecule has 3 aromatic carbocycles. The van der Waals surface area contributed by atoms with Crippen LogP contribution in [0.15, 0.2) is 71.6 Å². The summed E-state index contributed by atoms with van der Waals surface area (Å²) >= 11 is 1.51. The van der Waals surface area contributed by atoms with Gasteiger partial charge in [0.15, 0.2) is 5.13 Å². The zero-order valence-electron chi connectivity index (χ0n) is 23.7. The number of rotatable bonds is 10. The van der Waals surface area contributed by atoms with Crippen molar-refractivity contribution in [1.29, 1.82) is 0 Å². The quantitative estimate of drug-likeness (QED) is 0.242. The minimum absolute atomic E-state index is 0.143. The monoisotopic (exact) mass is 592 g/mol. The van der Waals surface area contributed by atoms with Crippen LogP contribution in [0.1, 0.15) is 34.8 Å². The van der Waals surface area contributed by atoms with E-state index in [9.17, 15) is 13.2 Å². The van der Waals surface area contributed by atoms with Gasteiger partial charge in [-0.15, -0.1) is 0 Å². The fourth-order valence-corrected chi connectivity index (χ4v) is 7.53. The summed E-state index contributed by atoms with van der Waals surface area (Å²) in [4.78, 5) is 23.0. The lowest BCUT2D eigenvalue weighted by Crippen LogP contribution is -2.39. The number of nitrogens with zero attached hydrogens (tertiary/aromatic N) is 4. The smallest absolute Gasteiger partial charge is 0.264 e. The Morgan fingerprint density at radius 2 is 1.68 bits per heavy atom. The third kappa shape index (κ3) is 6.46. The highest BCUT2D eigenvalue weighted by Crippen LogP contribution is 2.32. The van der Waals surface area contributed by atoms with Gasteiger partial charge in [-0.25, -0.2) is 13.4 Å². The van der Waals surface area contributed by atoms with Gasteiger partial charge < -0.3 is 4.74 Å². The highest BCUT2D eigenvalue weighted by atomic mass is 32.2. The van der Waals surface area contributed by atoms with Crippen molar-refractivity contribution in [2.45, 2.75) is 32.1 Å². The van der Waals surface area contributed by atoms with Crippen molar-refractivity contribution in [3.05, 3.63) is 83.4 Å². The molecule has 5 rings (SSSR count). The number of carbonyl (C=O) groups excluding carboxylic acids is 1. The van der Waals surface area contributed by atoms with Crippen LogP contribution in [0.2, 0.25) is 0 Å². The topological polar surface area (TPSA) is 83.1 Å². The lowest BCUT2D eigenvalue weighted by molar-refractivity contribution is 0.0376. The minimum Gasteiger partial charge on any atom is -0.379 e. The first kappa shape index (κ1) is 29.2. The third-order valence-corrected chi connectivity index (χ3v) is 10.4. The van der Waals surface area contributed by atoms with E-state index in [1.807, 2.05) is 18.2 Å². The maximum absolute atomic E-state index is 13.9. The molecule has 8 nitrogen and oxygen atoms in total. The molecule has 1 fully saturated rings. The zero-order chi connectivity index (χ0) is 29.0. The molecule has 4 aromatic rings. The Bertz CT molecular complexity index is 1560. The standard InChI is InChI=1S/C31H36N4O4S2/c1-4-35(26-9-6-5-7-10-26)41(37,38)27-13-11-25(12-14-27)30(36)34(16-8-15-33-17-19-39-20-18-33)31-32-28-21-23(2)24(3)22-29(28)40-31/h5-7,9-14,21-22H,4,8,15-20H2,1-3H3. The van der Waals surface area contributed by atoms with Crippen LogP contribution >= 0.6 is 11.3 Å². The predicted molar refractivity (Wildman–Crippen MR) is 166 cm³/mol. The number of fused-ring (bicyclic) bond motifs is 1. The van der Waals surface area contributed by atoms with Crippen LogP contribution in [0.4, 0.5) is 10.8 Å². The van der Waals surface area contributed by atoms with Gasteiger partial charge >= 0.3 is 0 Å². The first-order chi connectivity index (χ1) is 19.8. The van der Waals surface area contributed by atoms with E-state index in [1.165, 1.54) is 33.3 Å². The minimum atomic E-state index is -3.79. The molecule has 10 heteroatoms. The molecule has 41 heavy (non-hydrogen) atoms. The van der Waals surface area contributed by atoms with Gasteiger partial charge in [0.25, 0.3) is 15.9 Å². The number of aromatic nitrogens is 1. The number of ether oxygens (including phenoxy) is 1. The predicted octanol–water partition coefficient (Wildman–Crippen LogP) is 5.50. The van der Waals surface area contributed by atoms with Crippen LogP contribution in [0.25, 0.3) is 10.2 Å². The van der Waals surface area contributed by atoms with Crippen LogP contribution in [-0.4, -0.2) is 70.1 Å². The Balaban J connectivity index is 1.41. The number of hydrogen-bond donors (Lipinski definition) is 0. The van der Waals surface area contributed by atoms with Crippen molar-refractivity contribution in [3.8, 4) is 0 Å². The molecule has 0 spiro atoms. The summed E-state index contributed by atoms with van der Waals surface area (Å²) in [5.74, 6) is -0.196. The molecule has 1 aliphatic heterocycles. The second-order valence-corrected chi connectivity index (χ2v) is 13.1. The number of benzene rings is 3. The number of sulfonamides is 1. The summed E-state index contributed by atoms with van der Waals surface area (Å²) in [7, 11) is -3.79. The number of thiazole rings is 1. The summed E-state index contributed by atoms with van der Waals surface area (Å²) in [5.41, 5.74) is 4.24. The van der Waals surface area contributed by atoms with Gasteiger partial charge in [-0.05, 0) is 86.8 Å². The molecule has 1 saturated heterocycles. The van der Waals surface area contributed by atoms with E-state index in [-0.39, 0.29) is 10.8 Å². The van der Waals surface area contributed by atoms with E-state index in [2.05, 4.69) is 30.9 Å². The van der Waals surface area contributed by atoms with Crippen molar-refractivity contribution in [3.63, 3.8) is 0 Å². The zero-order valence-corrected chi connectivity index (χ0v) is 25.4. The number of amides is 1. The van der Waals surface area contributed by atoms with Gasteiger partial charge in [-0.1, -0.05) is 29.5 Å². The van der Waals surface area contributed by atoms with Crippen molar-refractivity contribution in [2.75, 3.05) is 55.1 Å². The fraction of sp³-hybridized carbons (Fsp3) is 0.355. The molecule has 0 unspecified atom stereocenters. The van der Waals surface area contributed by atoms with Crippen LogP contribution in [-0.2, 0) is 14.8 Å². The number of aryl methyl sites for hydroxylation is 2. The number of hydrogen-bond acceptors (Lipinski definition) is 7. The van der Waals surface area contributed by atoms with E-state index < -0.39 is 10.0 Å². The number of morpholine rings is 1. The first-order valence-corrected chi connectivity index (χ1v) is 16.2. The maximum atomic E-state index is 13.9.